The van der Waals surface area contributed by atoms with Crippen molar-refractivity contribution in [3.8, 4) is 0 Å². The molecule has 1 N–H and O–H groups in total. The number of unbranched alkanes of at least 4 members (excludes halogenated alkanes) is 2. The Bertz CT molecular complexity index is 1230. The lowest BCUT2D eigenvalue weighted by atomic mass is 9.77. The van der Waals surface area contributed by atoms with Gasteiger partial charge in [-0.2, -0.15) is 0 Å². The van der Waals surface area contributed by atoms with Gasteiger partial charge in [-0.3, -0.25) is 14.0 Å². The fourth-order valence-electron chi connectivity index (χ4n) is 4.80. The lowest BCUT2D eigenvalue weighted by molar-refractivity contribution is -0.166. The molecule has 1 saturated heterocycles. The fraction of sp³-hybridized carbons (Fsp3) is 0.542. The van der Waals surface area contributed by atoms with Crippen LogP contribution >= 0.6 is 11.3 Å². The molecule has 0 saturated carbocycles. The van der Waals surface area contributed by atoms with Gasteiger partial charge in [0.05, 0.1) is 29.5 Å². The lowest BCUT2D eigenvalue weighted by Crippen LogP contribution is -2.63. The molecular formula is C24H29N3O8S. The summed E-state index contributed by atoms with van der Waals surface area (Å²) in [4.78, 5) is 56.5. The van der Waals surface area contributed by atoms with Crippen molar-refractivity contribution in [2.24, 2.45) is 11.8 Å². The molecule has 194 valence electrons. The molecule has 2 aromatic rings. The van der Waals surface area contributed by atoms with Gasteiger partial charge in [0.15, 0.2) is 5.78 Å². The van der Waals surface area contributed by atoms with Gasteiger partial charge >= 0.3 is 12.1 Å². The zero-order chi connectivity index (χ0) is 26.1. The second-order valence-electron chi connectivity index (χ2n) is 8.97. The monoisotopic (exact) mass is 519 g/mol. The zero-order valence-corrected chi connectivity index (χ0v) is 21.4. The van der Waals surface area contributed by atoms with E-state index in [1.807, 2.05) is 13.8 Å². The largest absolute Gasteiger partial charge is 0.511 e. The molecule has 0 aliphatic carbocycles. The van der Waals surface area contributed by atoms with E-state index < -0.39 is 37.0 Å². The molecule has 4 heterocycles. The van der Waals surface area contributed by atoms with Gasteiger partial charge in [0, 0.05) is 24.6 Å². The topological polar surface area (TPSA) is 137 Å². The highest BCUT2D eigenvalue weighted by molar-refractivity contribution is 7.18. The molecule has 0 bridgehead atoms. The summed E-state index contributed by atoms with van der Waals surface area (Å²) in [6.45, 7) is 6.41. The first kappa shape index (κ1) is 25.8. The van der Waals surface area contributed by atoms with Gasteiger partial charge in [-0.1, -0.05) is 26.7 Å². The molecule has 11 nitrogen and oxygen atoms in total. The van der Waals surface area contributed by atoms with Crippen LogP contribution in [0.3, 0.4) is 0 Å². The number of hydrogen-bond acceptors (Lipinski definition) is 10. The number of rotatable bonds is 10. The third kappa shape index (κ3) is 4.50. The number of carbonyl (C=O) groups is 4. The number of esters is 1. The van der Waals surface area contributed by atoms with E-state index in [1.54, 1.807) is 17.5 Å². The number of aliphatic hydroxyl groups excluding tert-OH is 1. The summed E-state index contributed by atoms with van der Waals surface area (Å²) in [7, 11) is 0. The summed E-state index contributed by atoms with van der Waals surface area (Å²) < 4.78 is 16.7. The summed E-state index contributed by atoms with van der Waals surface area (Å²) in [6.07, 6.45) is 4.02. The number of thiazole rings is 1. The molecule has 0 spiro atoms. The molecule has 1 fully saturated rings. The number of carbonyl (C=O) groups excluding carboxylic acids is 4. The van der Waals surface area contributed by atoms with Crippen molar-refractivity contribution in [1.82, 2.24) is 14.3 Å². The van der Waals surface area contributed by atoms with Crippen molar-refractivity contribution in [1.29, 1.82) is 0 Å². The Morgan fingerprint density at radius 3 is 2.64 bits per heavy atom. The molecule has 0 aromatic carbocycles. The Morgan fingerprint density at radius 2 is 1.97 bits per heavy atom. The maximum absolute atomic E-state index is 13.2. The van der Waals surface area contributed by atoms with Crippen LogP contribution in [0, 0.1) is 11.8 Å². The predicted molar refractivity (Wildman–Crippen MR) is 128 cm³/mol. The van der Waals surface area contributed by atoms with Gasteiger partial charge < -0.3 is 24.2 Å². The van der Waals surface area contributed by atoms with Gasteiger partial charge in [0.2, 0.25) is 12.7 Å². The van der Waals surface area contributed by atoms with E-state index in [4.69, 9.17) is 14.2 Å². The summed E-state index contributed by atoms with van der Waals surface area (Å²) >= 11 is 1.27. The quantitative estimate of drug-likeness (QED) is 0.165. The van der Waals surface area contributed by atoms with Crippen LogP contribution in [0.5, 0.6) is 0 Å². The van der Waals surface area contributed by atoms with Crippen molar-refractivity contribution >= 4 is 45.6 Å². The number of imidazole rings is 1. The van der Waals surface area contributed by atoms with Crippen LogP contribution in [0.2, 0.25) is 0 Å². The third-order valence-electron chi connectivity index (χ3n) is 6.51. The molecule has 4 atom stereocenters. The van der Waals surface area contributed by atoms with Crippen LogP contribution in [0.4, 0.5) is 4.79 Å². The Balaban J connectivity index is 1.58. The van der Waals surface area contributed by atoms with Gasteiger partial charge in [-0.15, -0.1) is 11.3 Å². The first-order valence-corrected chi connectivity index (χ1v) is 12.7. The number of Topliss-reactive ketones (excluding diaryl/α,β-unsaturated/α-hetero) is 1. The van der Waals surface area contributed by atoms with E-state index in [0.717, 1.165) is 12.8 Å². The third-order valence-corrected chi connectivity index (χ3v) is 7.65. The second kappa shape index (κ2) is 10.4. The van der Waals surface area contributed by atoms with Gasteiger partial charge in [-0.25, -0.2) is 14.6 Å². The van der Waals surface area contributed by atoms with Crippen molar-refractivity contribution < 1.29 is 38.5 Å². The Hall–Kier alpha value is -3.25. The number of hydrogen-bond donors (Lipinski definition) is 1. The average molecular weight is 520 g/mol. The minimum Gasteiger partial charge on any atom is -0.434 e. The number of aromatic nitrogens is 2. The number of amides is 1. The minimum absolute atomic E-state index is 0.0381. The fourth-order valence-corrected chi connectivity index (χ4v) is 6.06. The summed E-state index contributed by atoms with van der Waals surface area (Å²) in [5, 5.41) is 10.2. The number of β-lactam (4-membered cyclic amide) rings is 1. The molecule has 2 aliphatic heterocycles. The number of ketones is 1. The van der Waals surface area contributed by atoms with Gasteiger partial charge in [-0.05, 0) is 13.3 Å². The summed E-state index contributed by atoms with van der Waals surface area (Å²) in [5.41, 5.74) is 0.914. The van der Waals surface area contributed by atoms with Crippen LogP contribution in [-0.4, -0.2) is 68.8 Å². The molecular weight excluding hydrogens is 490 g/mol. The zero-order valence-electron chi connectivity index (χ0n) is 20.6. The van der Waals surface area contributed by atoms with E-state index in [2.05, 4.69) is 4.98 Å². The Labute approximate surface area is 211 Å². The Kier molecular flexibility index (Phi) is 7.46. The van der Waals surface area contributed by atoms with E-state index in [1.165, 1.54) is 29.5 Å². The van der Waals surface area contributed by atoms with E-state index in [-0.39, 0.29) is 29.9 Å². The first-order chi connectivity index (χ1) is 17.2. The summed E-state index contributed by atoms with van der Waals surface area (Å²) in [5.74, 6) is -2.36. The molecule has 4 rings (SSSR count). The smallest absolute Gasteiger partial charge is 0.434 e. The highest BCUT2D eigenvalue weighted by atomic mass is 32.1. The normalized spacial score (nSPS) is 21.9. The SMILES string of the molecule is CCCCCOC(=O)OCOC(=O)C1=C(c2cn3cnc(C(C)=O)c3s2)[C@H](C)[C@@H]2[C@@H]([C@@H](C)O)C(=O)N12. The van der Waals surface area contributed by atoms with Crippen molar-refractivity contribution in [2.75, 3.05) is 13.4 Å². The van der Waals surface area contributed by atoms with Crippen LogP contribution < -0.4 is 0 Å². The second-order valence-corrected chi connectivity index (χ2v) is 10.0. The minimum atomic E-state index is -0.947. The Morgan fingerprint density at radius 1 is 1.22 bits per heavy atom. The van der Waals surface area contributed by atoms with Gasteiger partial charge in [0.25, 0.3) is 0 Å². The van der Waals surface area contributed by atoms with Crippen molar-refractivity contribution in [3.05, 3.63) is 28.8 Å². The van der Waals surface area contributed by atoms with Crippen molar-refractivity contribution in [2.45, 2.75) is 59.1 Å². The molecule has 0 radical (unpaired) electrons. The number of ether oxygens (including phenoxy) is 3. The predicted octanol–water partition coefficient (Wildman–Crippen LogP) is 3.01. The standard InChI is InChI=1S/C24H29N3O8S/c1-5-6-7-8-33-24(32)35-11-34-23(31)20-16(12(2)19-17(13(3)28)21(30)27(19)20)15-9-26-10-25-18(14(4)29)22(26)36-15/h9-10,12-13,17,19,28H,5-8,11H2,1-4H3/t12-,13+,17+,19+/m0/s1. The van der Waals surface area contributed by atoms with Crippen LogP contribution in [0.25, 0.3) is 10.4 Å². The maximum atomic E-state index is 13.2. The van der Waals surface area contributed by atoms with Gasteiger partial charge in [0.1, 0.15) is 22.5 Å². The summed E-state index contributed by atoms with van der Waals surface area (Å²) in [6, 6.07) is -0.425. The number of fused-ring (bicyclic) bond motifs is 2. The van der Waals surface area contributed by atoms with E-state index in [9.17, 15) is 24.3 Å². The highest BCUT2D eigenvalue weighted by Crippen LogP contribution is 2.51. The molecule has 0 unspecified atom stereocenters. The van der Waals surface area contributed by atoms with E-state index in [0.29, 0.717) is 27.4 Å². The lowest BCUT2D eigenvalue weighted by Gasteiger charge is -2.46. The molecule has 1 amide bonds. The molecule has 2 aliphatic rings. The van der Waals surface area contributed by atoms with Crippen LogP contribution in [0.15, 0.2) is 18.2 Å². The van der Waals surface area contributed by atoms with E-state index >= 15 is 0 Å². The number of nitrogens with zero attached hydrogens (tertiary/aromatic N) is 3. The average Bonchev–Trinajstić information content (AvgIpc) is 3.46. The van der Waals surface area contributed by atoms with Crippen LogP contribution in [-0.2, 0) is 23.8 Å². The molecule has 2 aromatic heterocycles. The first-order valence-electron chi connectivity index (χ1n) is 11.9. The number of aliphatic hydroxyl groups is 1. The molecule has 36 heavy (non-hydrogen) atoms. The highest BCUT2D eigenvalue weighted by Gasteiger charge is 2.60. The van der Waals surface area contributed by atoms with Crippen molar-refractivity contribution in [3.63, 3.8) is 0 Å². The molecule has 12 heteroatoms. The van der Waals surface area contributed by atoms with Crippen LogP contribution in [0.1, 0.15) is 62.3 Å². The maximum Gasteiger partial charge on any atom is 0.511 e.